The third kappa shape index (κ3) is 7.39. The minimum absolute atomic E-state index is 0.619. The van der Waals surface area contributed by atoms with Gasteiger partial charge in [-0.2, -0.15) is 0 Å². The van der Waals surface area contributed by atoms with E-state index in [4.69, 9.17) is 9.97 Å². The molecule has 15 aromatic rings. The van der Waals surface area contributed by atoms with Crippen LogP contribution in [-0.2, 0) is 12.8 Å². The number of pyridine rings is 2. The average Bonchev–Trinajstić information content (AvgIpc) is 1.18. The van der Waals surface area contributed by atoms with E-state index in [0.29, 0.717) is 11.8 Å². The first-order valence-corrected chi connectivity index (χ1v) is 30.6. The Hall–Kier alpha value is -10.5. The summed E-state index contributed by atoms with van der Waals surface area (Å²) in [5.74, 6) is 1.29. The first-order valence-electron chi connectivity index (χ1n) is 30.6. The number of hydrogen-bond acceptors (Lipinski definition) is 2. The molecule has 13 aromatic carbocycles. The van der Waals surface area contributed by atoms with Gasteiger partial charge >= 0.3 is 0 Å². The molecular weight excluding hydrogens is 1040 g/mol. The van der Waals surface area contributed by atoms with Crippen LogP contribution in [0, 0.1) is 5.92 Å². The summed E-state index contributed by atoms with van der Waals surface area (Å²) in [5.41, 5.74) is 18.3. The lowest BCUT2D eigenvalue weighted by molar-refractivity contribution is 1.00. The maximum absolute atomic E-state index is 4.85. The van der Waals surface area contributed by atoms with E-state index in [2.05, 4.69) is 255 Å². The molecular formula is C84H56N2. The third-order valence-electron chi connectivity index (χ3n) is 19.3. The quantitative estimate of drug-likeness (QED) is 0.130. The molecule has 0 saturated heterocycles. The fourth-order valence-corrected chi connectivity index (χ4v) is 15.7. The van der Waals surface area contributed by atoms with Crippen molar-refractivity contribution in [1.82, 2.24) is 9.97 Å². The molecule has 4 aliphatic carbocycles. The fourth-order valence-electron chi connectivity index (χ4n) is 15.7. The number of aryl methyl sites for hydroxylation is 1. The van der Waals surface area contributed by atoms with Gasteiger partial charge in [0.2, 0.25) is 0 Å². The smallest absolute Gasteiger partial charge is 0.0714 e. The van der Waals surface area contributed by atoms with Gasteiger partial charge in [0.05, 0.1) is 11.4 Å². The maximum Gasteiger partial charge on any atom is 0.0714 e. The van der Waals surface area contributed by atoms with Gasteiger partial charge in [0.25, 0.3) is 0 Å². The summed E-state index contributed by atoms with van der Waals surface area (Å²) in [7, 11) is 0. The molecule has 0 spiro atoms. The Balaban J connectivity index is 0.000000140. The van der Waals surface area contributed by atoms with Crippen LogP contribution in [0.3, 0.4) is 0 Å². The van der Waals surface area contributed by atoms with Crippen molar-refractivity contribution in [3.05, 3.63) is 295 Å². The summed E-state index contributed by atoms with van der Waals surface area (Å²) in [5, 5.41) is 23.6. The minimum Gasteiger partial charge on any atom is -0.256 e. The Kier molecular flexibility index (Phi) is 11.1. The Morgan fingerprint density at radius 2 is 0.860 bits per heavy atom. The van der Waals surface area contributed by atoms with Crippen LogP contribution in [0.2, 0.25) is 0 Å². The second-order valence-electron chi connectivity index (χ2n) is 23.9. The zero-order valence-corrected chi connectivity index (χ0v) is 47.4. The molecule has 2 heteroatoms. The van der Waals surface area contributed by atoms with Gasteiger partial charge in [0.15, 0.2) is 0 Å². The highest BCUT2D eigenvalue weighted by Gasteiger charge is 2.42. The molecule has 0 bridgehead atoms. The third-order valence-corrected chi connectivity index (χ3v) is 19.3. The molecule has 2 unspecified atom stereocenters. The van der Waals surface area contributed by atoms with Crippen LogP contribution in [0.15, 0.2) is 261 Å². The van der Waals surface area contributed by atoms with Crippen LogP contribution in [0.25, 0.3) is 160 Å². The molecule has 0 amide bonds. The monoisotopic (exact) mass is 1090 g/mol. The number of hydrogen-bond donors (Lipinski definition) is 0. The van der Waals surface area contributed by atoms with Crippen molar-refractivity contribution in [2.24, 2.45) is 5.92 Å². The van der Waals surface area contributed by atoms with Gasteiger partial charge in [-0.15, -0.1) is 0 Å². The van der Waals surface area contributed by atoms with E-state index < -0.39 is 0 Å². The van der Waals surface area contributed by atoms with Crippen molar-refractivity contribution < 1.29 is 0 Å². The van der Waals surface area contributed by atoms with E-state index in [0.717, 1.165) is 30.7 Å². The van der Waals surface area contributed by atoms with Gasteiger partial charge in [0.1, 0.15) is 0 Å². The van der Waals surface area contributed by atoms with E-state index in [9.17, 15) is 0 Å². The largest absolute Gasteiger partial charge is 0.256 e. The molecule has 402 valence electrons. The fraction of sp³-hybridized carbons (Fsp3) is 0.0714. The first-order chi connectivity index (χ1) is 42.7. The predicted octanol–water partition coefficient (Wildman–Crippen LogP) is 22.4. The van der Waals surface area contributed by atoms with Crippen molar-refractivity contribution in [3.63, 3.8) is 0 Å². The van der Waals surface area contributed by atoms with Gasteiger partial charge in [0, 0.05) is 34.3 Å². The van der Waals surface area contributed by atoms with Gasteiger partial charge in [-0.3, -0.25) is 9.97 Å². The summed E-state index contributed by atoms with van der Waals surface area (Å²) in [6.07, 6.45) is 26.6. The second kappa shape index (κ2) is 19.5. The van der Waals surface area contributed by atoms with Crippen LogP contribution in [-0.4, -0.2) is 9.97 Å². The van der Waals surface area contributed by atoms with Gasteiger partial charge in [-0.1, -0.05) is 231 Å². The zero-order chi connectivity index (χ0) is 56.4. The summed E-state index contributed by atoms with van der Waals surface area (Å²) >= 11 is 0. The molecule has 19 rings (SSSR count). The molecule has 1 saturated carbocycles. The number of fused-ring (bicyclic) bond motifs is 22. The summed E-state index contributed by atoms with van der Waals surface area (Å²) < 4.78 is 0. The van der Waals surface area contributed by atoms with Gasteiger partial charge < -0.3 is 0 Å². The van der Waals surface area contributed by atoms with E-state index in [1.54, 1.807) is 5.56 Å². The number of allylic oxidation sites excluding steroid dienone is 5. The average molecular weight is 1090 g/mol. The number of nitrogens with zero attached hydrogens (tertiary/aromatic N) is 2. The summed E-state index contributed by atoms with van der Waals surface area (Å²) in [6, 6.07) is 80.5. The topological polar surface area (TPSA) is 25.8 Å². The predicted molar refractivity (Wildman–Crippen MR) is 367 cm³/mol. The molecule has 4 aliphatic rings. The molecule has 0 radical (unpaired) electrons. The Morgan fingerprint density at radius 1 is 0.337 bits per heavy atom. The lowest BCUT2D eigenvalue weighted by atomic mass is 9.76. The van der Waals surface area contributed by atoms with E-state index >= 15 is 0 Å². The van der Waals surface area contributed by atoms with Gasteiger partial charge in [-0.05, 0) is 216 Å². The van der Waals surface area contributed by atoms with E-state index in [-0.39, 0.29) is 0 Å². The van der Waals surface area contributed by atoms with Crippen LogP contribution < -0.4 is 0 Å². The van der Waals surface area contributed by atoms with E-state index in [1.807, 2.05) is 24.5 Å². The Morgan fingerprint density at radius 3 is 1.55 bits per heavy atom. The van der Waals surface area contributed by atoms with Crippen LogP contribution in [0.4, 0.5) is 0 Å². The highest BCUT2D eigenvalue weighted by molar-refractivity contribution is 6.34. The number of aromatic nitrogens is 2. The lowest BCUT2D eigenvalue weighted by Crippen LogP contribution is -2.04. The molecule has 0 N–H and O–H groups in total. The Bertz CT molecular complexity index is 5530. The number of rotatable bonds is 4. The first kappa shape index (κ1) is 48.9. The maximum atomic E-state index is 4.85. The van der Waals surface area contributed by atoms with Crippen molar-refractivity contribution in [3.8, 4) is 44.8 Å². The van der Waals surface area contributed by atoms with Crippen LogP contribution in [0.5, 0.6) is 0 Å². The normalized spacial score (nSPS) is 15.5. The van der Waals surface area contributed by atoms with Crippen LogP contribution >= 0.6 is 0 Å². The van der Waals surface area contributed by atoms with Crippen molar-refractivity contribution in [2.45, 2.75) is 31.6 Å². The molecule has 2 nitrogen and oxygen atoms in total. The highest BCUT2D eigenvalue weighted by Crippen LogP contribution is 2.59. The van der Waals surface area contributed by atoms with Crippen molar-refractivity contribution in [2.75, 3.05) is 0 Å². The van der Waals surface area contributed by atoms with Crippen molar-refractivity contribution in [1.29, 1.82) is 0 Å². The summed E-state index contributed by atoms with van der Waals surface area (Å²) in [4.78, 5) is 9.69. The van der Waals surface area contributed by atoms with Gasteiger partial charge in [-0.25, -0.2) is 0 Å². The minimum atomic E-state index is 0.619. The van der Waals surface area contributed by atoms with Crippen LogP contribution in [0.1, 0.15) is 52.1 Å². The zero-order valence-electron chi connectivity index (χ0n) is 47.4. The molecule has 0 aliphatic heterocycles. The second-order valence-corrected chi connectivity index (χ2v) is 23.9. The highest BCUT2D eigenvalue weighted by atomic mass is 14.7. The molecule has 86 heavy (non-hydrogen) atoms. The molecule has 2 aromatic heterocycles. The molecule has 2 heterocycles. The SMILES string of the molecule is C1=CCc2c(c3c(-c4ccccn4)c4ccccc4c(-c4ccccn4)c3c3ccccc23)C=C1.C1=Cc2c(c3c(-c4cc5ccccc5c5c4C=CC4CC54)c4ccccc4c(-c4cc5ccccc5c5ccccc45)c3c3ccccc23)CC1. The van der Waals surface area contributed by atoms with Crippen molar-refractivity contribution >= 4 is 115 Å². The number of benzene rings is 13. The lowest BCUT2D eigenvalue weighted by Gasteiger charge is -2.27. The Labute approximate surface area is 499 Å². The molecule has 1 fully saturated rings. The summed E-state index contributed by atoms with van der Waals surface area (Å²) in [6.45, 7) is 0. The van der Waals surface area contributed by atoms with E-state index in [1.165, 1.54) is 165 Å². The standard InChI is InChI=1S/C51H34.C33H22N2/c1-3-15-33-30(13-1)28-45(38-20-6-5-17-35(33)38)48-41-23-11-12-24-42(41)49(51-40-22-10-8-19-37(40)36-18-7-9-21-39(36)50(48)51)46-29-31-14-2-4-16-34(31)47-43(46)26-25-32-27-44(32)47;1-2-12-22-23-13-4-5-15-25(23)33-31(29-19-9-11-21-35-29)27-17-7-6-16-26(27)30(28-18-8-10-20-34-28)32(33)24(22)14-3-1/h1-9,11-21,23-26,28-29,32,44H,10,22,27H2;1-11,13-21H,12H2. The molecule has 2 atom stereocenters.